The Morgan fingerprint density at radius 3 is 2.88 bits per heavy atom. The number of likely N-dealkylation sites (tertiary alicyclic amines) is 1. The Bertz CT molecular complexity index is 628. The topological polar surface area (TPSA) is 59.0 Å². The van der Waals surface area contributed by atoms with Crippen LogP contribution >= 0.6 is 11.6 Å². The van der Waals surface area contributed by atoms with Gasteiger partial charge in [0.25, 0.3) is 0 Å². The Hall–Kier alpha value is -1.74. The summed E-state index contributed by atoms with van der Waals surface area (Å²) in [4.78, 5) is 10.00. The van der Waals surface area contributed by atoms with E-state index in [0.29, 0.717) is 25.3 Å². The Morgan fingerprint density at radius 2 is 2.27 bits per heavy atom. The fourth-order valence-corrected chi connectivity index (χ4v) is 2.95. The van der Waals surface area contributed by atoms with Crippen molar-refractivity contribution >= 4 is 17.6 Å². The third-order valence-corrected chi connectivity index (χ3v) is 4.23. The van der Waals surface area contributed by atoms with Gasteiger partial charge in [-0.05, 0) is 12.5 Å². The summed E-state index contributed by atoms with van der Waals surface area (Å²) in [5.74, 6) is 1.20. The SMILES string of the molecule is CN=C(NCCOc1ncc(C(F)(F)F)cc1Cl)N1CCC(COC)C1. The number of nitrogens with zero attached hydrogens (tertiary/aromatic N) is 3. The number of alkyl halides is 3. The standard InChI is InChI=1S/C16H22ClF3N4O2/c1-21-15(24-5-3-11(9-24)10-25-2)22-4-6-26-14-13(17)7-12(8-23-14)16(18,19)20/h7-8,11H,3-6,9-10H2,1-2H3,(H,21,22). The van der Waals surface area contributed by atoms with Gasteiger partial charge < -0.3 is 19.7 Å². The van der Waals surface area contributed by atoms with Gasteiger partial charge in [0.15, 0.2) is 5.96 Å². The van der Waals surface area contributed by atoms with Gasteiger partial charge in [0.05, 0.1) is 18.7 Å². The molecular weight excluding hydrogens is 373 g/mol. The van der Waals surface area contributed by atoms with Crippen molar-refractivity contribution < 1.29 is 22.6 Å². The number of hydrogen-bond acceptors (Lipinski definition) is 4. The Labute approximate surface area is 155 Å². The molecule has 26 heavy (non-hydrogen) atoms. The predicted octanol–water partition coefficient (Wildman–Crippen LogP) is 2.68. The third-order valence-electron chi connectivity index (χ3n) is 3.96. The molecule has 0 saturated carbocycles. The van der Waals surface area contributed by atoms with Gasteiger partial charge in [-0.15, -0.1) is 0 Å². The highest BCUT2D eigenvalue weighted by molar-refractivity contribution is 6.31. The molecule has 1 aliphatic heterocycles. The molecule has 2 heterocycles. The first kappa shape index (κ1) is 20.6. The first-order valence-electron chi connectivity index (χ1n) is 8.15. The van der Waals surface area contributed by atoms with Crippen molar-refractivity contribution in [3.8, 4) is 5.88 Å². The van der Waals surface area contributed by atoms with E-state index in [1.54, 1.807) is 14.2 Å². The van der Waals surface area contributed by atoms with Gasteiger partial charge in [-0.25, -0.2) is 4.98 Å². The van der Waals surface area contributed by atoms with Crippen LogP contribution in [-0.2, 0) is 10.9 Å². The fourth-order valence-electron chi connectivity index (χ4n) is 2.73. The van der Waals surface area contributed by atoms with Crippen molar-refractivity contribution in [3.05, 3.63) is 22.8 Å². The molecule has 0 radical (unpaired) electrons. The van der Waals surface area contributed by atoms with Gasteiger partial charge in [0, 0.05) is 39.4 Å². The van der Waals surface area contributed by atoms with Crippen LogP contribution in [-0.4, -0.2) is 62.8 Å². The minimum Gasteiger partial charge on any atom is -0.475 e. The number of rotatable bonds is 6. The molecule has 1 unspecified atom stereocenters. The van der Waals surface area contributed by atoms with Crippen molar-refractivity contribution in [2.75, 3.05) is 47.0 Å². The minimum absolute atomic E-state index is 0.0298. The van der Waals surface area contributed by atoms with Gasteiger partial charge in [-0.1, -0.05) is 11.6 Å². The molecule has 0 aliphatic carbocycles. The number of ether oxygens (including phenoxy) is 2. The highest BCUT2D eigenvalue weighted by atomic mass is 35.5. The molecule has 1 aliphatic rings. The molecule has 6 nitrogen and oxygen atoms in total. The molecular formula is C16H22ClF3N4O2. The van der Waals surface area contributed by atoms with E-state index < -0.39 is 11.7 Å². The fraction of sp³-hybridized carbons (Fsp3) is 0.625. The maximum absolute atomic E-state index is 12.6. The molecule has 0 aromatic carbocycles. The van der Waals surface area contributed by atoms with E-state index in [2.05, 4.69) is 20.2 Å². The number of guanidine groups is 1. The van der Waals surface area contributed by atoms with E-state index in [-0.39, 0.29) is 17.5 Å². The average Bonchev–Trinajstić information content (AvgIpc) is 3.04. The molecule has 146 valence electrons. The van der Waals surface area contributed by atoms with Crippen molar-refractivity contribution in [1.82, 2.24) is 15.2 Å². The Morgan fingerprint density at radius 1 is 1.50 bits per heavy atom. The Kier molecular flexibility index (Phi) is 7.33. The van der Waals surface area contributed by atoms with Gasteiger partial charge >= 0.3 is 6.18 Å². The number of hydrogen-bond donors (Lipinski definition) is 1. The lowest BCUT2D eigenvalue weighted by Crippen LogP contribution is -2.41. The zero-order chi connectivity index (χ0) is 19.2. The minimum atomic E-state index is -4.49. The molecule has 1 fully saturated rings. The summed E-state index contributed by atoms with van der Waals surface area (Å²) in [6, 6.07) is 0.802. The van der Waals surface area contributed by atoms with Crippen LogP contribution in [0.4, 0.5) is 13.2 Å². The van der Waals surface area contributed by atoms with Crippen molar-refractivity contribution in [3.63, 3.8) is 0 Å². The highest BCUT2D eigenvalue weighted by Gasteiger charge is 2.31. The lowest BCUT2D eigenvalue weighted by molar-refractivity contribution is -0.137. The third kappa shape index (κ3) is 5.63. The van der Waals surface area contributed by atoms with Gasteiger partial charge in [-0.2, -0.15) is 13.2 Å². The average molecular weight is 395 g/mol. The lowest BCUT2D eigenvalue weighted by atomic mass is 10.1. The maximum atomic E-state index is 12.6. The molecule has 1 saturated heterocycles. The second kappa shape index (κ2) is 9.27. The molecule has 1 aromatic rings. The zero-order valence-corrected chi connectivity index (χ0v) is 15.4. The number of nitrogens with one attached hydrogen (secondary N) is 1. The number of pyridine rings is 1. The van der Waals surface area contributed by atoms with E-state index in [0.717, 1.165) is 31.5 Å². The van der Waals surface area contributed by atoms with Gasteiger partial charge in [-0.3, -0.25) is 4.99 Å². The number of aliphatic imine (C=N–C) groups is 1. The summed E-state index contributed by atoms with van der Waals surface area (Å²) in [5, 5.41) is 2.98. The molecule has 1 atom stereocenters. The van der Waals surface area contributed by atoms with Crippen LogP contribution in [0.5, 0.6) is 5.88 Å². The monoisotopic (exact) mass is 394 g/mol. The number of halogens is 4. The molecule has 1 aromatic heterocycles. The van der Waals surface area contributed by atoms with E-state index in [1.807, 2.05) is 0 Å². The summed E-state index contributed by atoms with van der Waals surface area (Å²) < 4.78 is 48.3. The van der Waals surface area contributed by atoms with Crippen LogP contribution in [0, 0.1) is 5.92 Å². The summed E-state index contributed by atoms with van der Waals surface area (Å²) in [7, 11) is 3.38. The molecule has 10 heteroatoms. The molecule has 2 rings (SSSR count). The highest BCUT2D eigenvalue weighted by Crippen LogP contribution is 2.33. The van der Waals surface area contributed by atoms with Crippen LogP contribution in [0.15, 0.2) is 17.3 Å². The second-order valence-corrected chi connectivity index (χ2v) is 6.29. The lowest BCUT2D eigenvalue weighted by Gasteiger charge is -2.21. The zero-order valence-electron chi connectivity index (χ0n) is 14.6. The Balaban J connectivity index is 1.79. The quantitative estimate of drug-likeness (QED) is 0.456. The van der Waals surface area contributed by atoms with E-state index in [4.69, 9.17) is 21.1 Å². The molecule has 1 N–H and O–H groups in total. The van der Waals surface area contributed by atoms with Crippen molar-refractivity contribution in [2.24, 2.45) is 10.9 Å². The van der Waals surface area contributed by atoms with Crippen LogP contribution in [0.3, 0.4) is 0 Å². The predicted molar refractivity (Wildman–Crippen MR) is 92.7 cm³/mol. The second-order valence-electron chi connectivity index (χ2n) is 5.89. The van der Waals surface area contributed by atoms with Gasteiger partial charge in [0.2, 0.25) is 5.88 Å². The van der Waals surface area contributed by atoms with Gasteiger partial charge in [0.1, 0.15) is 11.6 Å². The smallest absolute Gasteiger partial charge is 0.417 e. The first-order chi connectivity index (χ1) is 12.3. The van der Waals surface area contributed by atoms with Crippen LogP contribution in [0.25, 0.3) is 0 Å². The normalized spacial score (nSPS) is 18.3. The number of methoxy groups -OCH3 is 1. The summed E-state index contributed by atoms with van der Waals surface area (Å²) in [6.07, 6.45) is -2.75. The van der Waals surface area contributed by atoms with Crippen LogP contribution in [0.1, 0.15) is 12.0 Å². The largest absolute Gasteiger partial charge is 0.475 e. The van der Waals surface area contributed by atoms with Crippen LogP contribution in [0.2, 0.25) is 5.02 Å². The summed E-state index contributed by atoms with van der Waals surface area (Å²) in [5.41, 5.74) is -0.909. The van der Waals surface area contributed by atoms with Crippen molar-refractivity contribution in [1.29, 1.82) is 0 Å². The van der Waals surface area contributed by atoms with Crippen molar-refractivity contribution in [2.45, 2.75) is 12.6 Å². The summed E-state index contributed by atoms with van der Waals surface area (Å²) in [6.45, 7) is 3.07. The first-order valence-corrected chi connectivity index (χ1v) is 8.53. The molecule has 0 bridgehead atoms. The molecule has 0 spiro atoms. The molecule has 0 amide bonds. The van der Waals surface area contributed by atoms with E-state index in [9.17, 15) is 13.2 Å². The maximum Gasteiger partial charge on any atom is 0.417 e. The van der Waals surface area contributed by atoms with E-state index >= 15 is 0 Å². The number of aromatic nitrogens is 1. The van der Waals surface area contributed by atoms with Crippen LogP contribution < -0.4 is 10.1 Å². The van der Waals surface area contributed by atoms with E-state index in [1.165, 1.54) is 0 Å². The summed E-state index contributed by atoms with van der Waals surface area (Å²) >= 11 is 5.80.